The number of nitro groups is 1. The molecule has 0 aliphatic rings. The van der Waals surface area contributed by atoms with Crippen molar-refractivity contribution in [3.8, 4) is 6.07 Å². The Morgan fingerprint density at radius 3 is 2.80 bits per heavy atom. The molecule has 0 spiro atoms. The van der Waals surface area contributed by atoms with Crippen molar-refractivity contribution in [3.05, 3.63) is 73.7 Å². The van der Waals surface area contributed by atoms with Crippen LogP contribution in [0.3, 0.4) is 0 Å². The predicted molar refractivity (Wildman–Crippen MR) is 72.4 cm³/mol. The Kier molecular flexibility index (Phi) is 3.62. The van der Waals surface area contributed by atoms with E-state index in [1.54, 1.807) is 24.3 Å². The predicted octanol–water partition coefficient (Wildman–Crippen LogP) is 1.98. The maximum absolute atomic E-state index is 12.0. The molecule has 1 heterocycles. The van der Waals surface area contributed by atoms with Crippen LogP contribution in [0.15, 0.2) is 41.3 Å². The molecule has 0 aliphatic carbocycles. The van der Waals surface area contributed by atoms with Gasteiger partial charge in [0, 0.05) is 11.8 Å². The number of rotatable bonds is 3. The van der Waals surface area contributed by atoms with Gasteiger partial charge in [0.05, 0.1) is 23.1 Å². The van der Waals surface area contributed by atoms with Gasteiger partial charge in [-0.15, -0.1) is 0 Å². The standard InChI is InChI=1S/C14H11N3O3/c1-10-5-6-16(14(18)13(10)17(19)20)9-12-4-2-3-11(7-12)8-15/h2-7H,9H2,1H3. The van der Waals surface area contributed by atoms with Crippen molar-refractivity contribution in [2.75, 3.05) is 0 Å². The van der Waals surface area contributed by atoms with E-state index in [1.165, 1.54) is 23.8 Å². The van der Waals surface area contributed by atoms with Crippen LogP contribution in [-0.4, -0.2) is 9.49 Å². The smallest absolute Gasteiger partial charge is 0.305 e. The minimum absolute atomic E-state index is 0.190. The van der Waals surface area contributed by atoms with E-state index in [0.717, 1.165) is 5.56 Å². The zero-order valence-corrected chi connectivity index (χ0v) is 10.7. The topological polar surface area (TPSA) is 88.9 Å². The van der Waals surface area contributed by atoms with Crippen LogP contribution >= 0.6 is 0 Å². The highest BCUT2D eigenvalue weighted by molar-refractivity contribution is 5.37. The molecule has 0 radical (unpaired) electrons. The second-order valence-electron chi connectivity index (χ2n) is 4.35. The normalized spacial score (nSPS) is 10.0. The lowest BCUT2D eigenvalue weighted by Gasteiger charge is -2.07. The molecule has 20 heavy (non-hydrogen) atoms. The van der Waals surface area contributed by atoms with E-state index < -0.39 is 16.2 Å². The van der Waals surface area contributed by atoms with Gasteiger partial charge in [0.1, 0.15) is 0 Å². The zero-order valence-electron chi connectivity index (χ0n) is 10.7. The minimum atomic E-state index is -0.667. The van der Waals surface area contributed by atoms with Gasteiger partial charge in [-0.05, 0) is 30.7 Å². The lowest BCUT2D eigenvalue weighted by Crippen LogP contribution is -2.23. The molecule has 0 amide bonds. The number of nitriles is 1. The summed E-state index contributed by atoms with van der Waals surface area (Å²) in [5.41, 5.74) is 0.504. The lowest BCUT2D eigenvalue weighted by molar-refractivity contribution is -0.387. The van der Waals surface area contributed by atoms with Gasteiger partial charge in [0.2, 0.25) is 0 Å². The Balaban J connectivity index is 2.45. The molecule has 2 rings (SSSR count). The molecule has 0 aliphatic heterocycles. The summed E-state index contributed by atoms with van der Waals surface area (Å²) in [6.45, 7) is 1.72. The highest BCUT2D eigenvalue weighted by atomic mass is 16.6. The number of hydrogen-bond acceptors (Lipinski definition) is 4. The molecule has 100 valence electrons. The maximum Gasteiger partial charge on any atom is 0.336 e. The summed E-state index contributed by atoms with van der Waals surface area (Å²) in [6, 6.07) is 10.3. The first-order chi connectivity index (χ1) is 9.52. The van der Waals surface area contributed by atoms with E-state index >= 15 is 0 Å². The molecule has 0 saturated heterocycles. The third-order valence-corrected chi connectivity index (χ3v) is 2.93. The van der Waals surface area contributed by atoms with Crippen LogP contribution in [0.25, 0.3) is 0 Å². The summed E-state index contributed by atoms with van der Waals surface area (Å²) in [7, 11) is 0. The van der Waals surface area contributed by atoms with E-state index in [9.17, 15) is 14.9 Å². The average molecular weight is 269 g/mol. The lowest BCUT2D eigenvalue weighted by atomic mass is 10.1. The van der Waals surface area contributed by atoms with E-state index in [2.05, 4.69) is 0 Å². The third kappa shape index (κ3) is 2.57. The van der Waals surface area contributed by atoms with Gasteiger partial charge in [-0.3, -0.25) is 14.9 Å². The number of aryl methyl sites for hydroxylation is 1. The van der Waals surface area contributed by atoms with Gasteiger partial charge in [0.25, 0.3) is 0 Å². The van der Waals surface area contributed by atoms with Crippen LogP contribution in [0.5, 0.6) is 0 Å². The van der Waals surface area contributed by atoms with Gasteiger partial charge in [-0.1, -0.05) is 12.1 Å². The summed E-state index contributed by atoms with van der Waals surface area (Å²) in [5.74, 6) is 0. The highest BCUT2D eigenvalue weighted by Crippen LogP contribution is 2.12. The van der Waals surface area contributed by atoms with Crippen molar-refractivity contribution in [2.45, 2.75) is 13.5 Å². The molecule has 0 N–H and O–H groups in total. The number of nitrogens with zero attached hydrogens (tertiary/aromatic N) is 3. The Morgan fingerprint density at radius 1 is 1.40 bits per heavy atom. The Labute approximate surface area is 114 Å². The van der Waals surface area contributed by atoms with Crippen LogP contribution in [0, 0.1) is 28.4 Å². The Hall–Kier alpha value is -2.94. The summed E-state index contributed by atoms with van der Waals surface area (Å²) < 4.78 is 1.27. The summed E-state index contributed by atoms with van der Waals surface area (Å²) in [4.78, 5) is 22.3. The van der Waals surface area contributed by atoms with E-state index in [-0.39, 0.29) is 6.54 Å². The van der Waals surface area contributed by atoms with E-state index in [1.807, 2.05) is 6.07 Å². The van der Waals surface area contributed by atoms with Gasteiger partial charge >= 0.3 is 11.2 Å². The largest absolute Gasteiger partial charge is 0.336 e. The number of pyridine rings is 1. The Bertz CT molecular complexity index is 772. The number of benzene rings is 1. The molecule has 1 aromatic heterocycles. The Morgan fingerprint density at radius 2 is 2.15 bits per heavy atom. The van der Waals surface area contributed by atoms with Crippen molar-refractivity contribution in [3.63, 3.8) is 0 Å². The van der Waals surface area contributed by atoms with Crippen LogP contribution in [-0.2, 0) is 6.54 Å². The summed E-state index contributed by atoms with van der Waals surface area (Å²) in [5, 5.41) is 19.7. The fourth-order valence-corrected chi connectivity index (χ4v) is 1.94. The van der Waals surface area contributed by atoms with E-state index in [4.69, 9.17) is 5.26 Å². The van der Waals surface area contributed by atoms with Crippen molar-refractivity contribution in [1.82, 2.24) is 4.57 Å². The van der Waals surface area contributed by atoms with Gasteiger partial charge in [-0.25, -0.2) is 0 Å². The molecule has 0 unspecified atom stereocenters. The first-order valence-corrected chi connectivity index (χ1v) is 5.86. The quantitative estimate of drug-likeness (QED) is 0.629. The van der Waals surface area contributed by atoms with Crippen molar-refractivity contribution >= 4 is 5.69 Å². The number of aromatic nitrogens is 1. The van der Waals surface area contributed by atoms with E-state index in [0.29, 0.717) is 11.1 Å². The summed E-state index contributed by atoms with van der Waals surface area (Å²) >= 11 is 0. The highest BCUT2D eigenvalue weighted by Gasteiger charge is 2.18. The molecular formula is C14H11N3O3. The van der Waals surface area contributed by atoms with Gasteiger partial charge < -0.3 is 4.57 Å². The fraction of sp³-hybridized carbons (Fsp3) is 0.143. The molecule has 0 atom stereocenters. The second-order valence-corrected chi connectivity index (χ2v) is 4.35. The minimum Gasteiger partial charge on any atom is -0.305 e. The van der Waals surface area contributed by atoms with Crippen molar-refractivity contribution in [2.24, 2.45) is 0 Å². The molecule has 6 nitrogen and oxygen atoms in total. The van der Waals surface area contributed by atoms with Crippen LogP contribution in [0.2, 0.25) is 0 Å². The monoisotopic (exact) mass is 269 g/mol. The molecule has 6 heteroatoms. The first-order valence-electron chi connectivity index (χ1n) is 5.86. The molecular weight excluding hydrogens is 258 g/mol. The summed E-state index contributed by atoms with van der Waals surface area (Å²) in [6.07, 6.45) is 1.52. The zero-order chi connectivity index (χ0) is 14.7. The molecule has 1 aromatic carbocycles. The second kappa shape index (κ2) is 5.36. The maximum atomic E-state index is 12.0. The SMILES string of the molecule is Cc1ccn(Cc2cccc(C#N)c2)c(=O)c1[N+](=O)[O-]. The van der Waals surface area contributed by atoms with Gasteiger partial charge in [0.15, 0.2) is 0 Å². The van der Waals surface area contributed by atoms with Crippen molar-refractivity contribution in [1.29, 1.82) is 5.26 Å². The fourth-order valence-electron chi connectivity index (χ4n) is 1.94. The number of hydrogen-bond donors (Lipinski definition) is 0. The van der Waals surface area contributed by atoms with Crippen LogP contribution in [0.4, 0.5) is 5.69 Å². The van der Waals surface area contributed by atoms with Gasteiger partial charge in [-0.2, -0.15) is 5.26 Å². The molecule has 0 bridgehead atoms. The van der Waals surface area contributed by atoms with Crippen molar-refractivity contribution < 1.29 is 4.92 Å². The molecule has 2 aromatic rings. The molecule has 0 saturated carbocycles. The average Bonchev–Trinajstić information content (AvgIpc) is 2.42. The molecule has 0 fully saturated rings. The third-order valence-electron chi connectivity index (χ3n) is 2.93. The van der Waals surface area contributed by atoms with Crippen LogP contribution < -0.4 is 5.56 Å². The first kappa shape index (κ1) is 13.5. The van der Waals surface area contributed by atoms with Crippen LogP contribution in [0.1, 0.15) is 16.7 Å².